The number of ether oxygens (including phenoxy) is 1. The third-order valence-corrected chi connectivity index (χ3v) is 5.41. The van der Waals surface area contributed by atoms with Gasteiger partial charge in [0.05, 0.1) is 0 Å². The minimum absolute atomic E-state index is 0.107. The van der Waals surface area contributed by atoms with E-state index >= 15 is 0 Å². The lowest BCUT2D eigenvalue weighted by Gasteiger charge is -2.41. The Hall–Kier alpha value is -1.02. The Kier molecular flexibility index (Phi) is 4.26. The van der Waals surface area contributed by atoms with E-state index in [2.05, 4.69) is 38.2 Å². The molecule has 1 fully saturated rings. The Morgan fingerprint density at radius 1 is 1.24 bits per heavy atom. The number of hydrogen-bond acceptors (Lipinski definition) is 2. The minimum atomic E-state index is 0.107. The number of unbranched alkanes of at least 4 members (excludes halogenated alkanes) is 1. The number of fused-ring (bicyclic) bond motifs is 1. The van der Waals surface area contributed by atoms with E-state index in [1.807, 2.05) is 0 Å². The topological polar surface area (TPSA) is 21.3 Å². The summed E-state index contributed by atoms with van der Waals surface area (Å²) in [5, 5.41) is 3.80. The molecule has 3 rings (SSSR count). The highest BCUT2D eigenvalue weighted by Gasteiger charge is 2.43. The Labute approximate surface area is 129 Å². The molecule has 1 aromatic rings. The Morgan fingerprint density at radius 3 is 2.71 bits per heavy atom. The molecule has 1 unspecified atom stereocenters. The predicted octanol–water partition coefficient (Wildman–Crippen LogP) is 4.83. The first-order valence-electron chi connectivity index (χ1n) is 8.68. The standard InChI is InChI=1S/C19H29NO/c1-4-5-12-20-17-13-19(10-6-7-11-19)21-18-15(3)14(2)8-9-16(17)18/h8-9,17,20H,4-7,10-13H2,1-3H3. The van der Waals surface area contributed by atoms with Crippen molar-refractivity contribution in [3.05, 3.63) is 28.8 Å². The van der Waals surface area contributed by atoms with Gasteiger partial charge in [0.2, 0.25) is 0 Å². The maximum absolute atomic E-state index is 6.59. The molecule has 1 aliphatic carbocycles. The molecule has 1 spiro atoms. The molecule has 1 saturated carbocycles. The molecule has 0 aromatic heterocycles. The molecule has 1 aromatic carbocycles. The SMILES string of the molecule is CCCCNC1CC2(CCCC2)Oc2c1ccc(C)c2C. The second-order valence-electron chi connectivity index (χ2n) is 6.98. The summed E-state index contributed by atoms with van der Waals surface area (Å²) in [5.41, 5.74) is 4.17. The van der Waals surface area contributed by atoms with Gasteiger partial charge in [-0.05, 0) is 63.6 Å². The largest absolute Gasteiger partial charge is 0.487 e. The molecule has 0 bridgehead atoms. The summed E-state index contributed by atoms with van der Waals surface area (Å²) in [7, 11) is 0. The maximum atomic E-state index is 6.59. The van der Waals surface area contributed by atoms with Gasteiger partial charge in [0, 0.05) is 18.0 Å². The van der Waals surface area contributed by atoms with E-state index in [1.54, 1.807) is 0 Å². The van der Waals surface area contributed by atoms with E-state index in [4.69, 9.17) is 4.74 Å². The lowest BCUT2D eigenvalue weighted by molar-refractivity contribution is 0.0359. The van der Waals surface area contributed by atoms with E-state index in [9.17, 15) is 0 Å². The predicted molar refractivity (Wildman–Crippen MR) is 88.0 cm³/mol. The van der Waals surface area contributed by atoms with Gasteiger partial charge in [0.1, 0.15) is 11.4 Å². The molecule has 1 N–H and O–H groups in total. The second kappa shape index (κ2) is 6.00. The molecule has 2 nitrogen and oxygen atoms in total. The summed E-state index contributed by atoms with van der Waals surface area (Å²) >= 11 is 0. The van der Waals surface area contributed by atoms with Gasteiger partial charge >= 0.3 is 0 Å². The molecule has 1 heterocycles. The molecule has 2 aliphatic rings. The fraction of sp³-hybridized carbons (Fsp3) is 0.684. The van der Waals surface area contributed by atoms with Crippen LogP contribution in [0.2, 0.25) is 0 Å². The van der Waals surface area contributed by atoms with Gasteiger partial charge < -0.3 is 10.1 Å². The first-order valence-corrected chi connectivity index (χ1v) is 8.68. The van der Waals surface area contributed by atoms with Gasteiger partial charge in [-0.2, -0.15) is 0 Å². The van der Waals surface area contributed by atoms with E-state index in [1.165, 1.54) is 61.0 Å². The Balaban J connectivity index is 1.91. The average Bonchev–Trinajstić information content (AvgIpc) is 2.92. The van der Waals surface area contributed by atoms with Crippen LogP contribution in [-0.4, -0.2) is 12.1 Å². The monoisotopic (exact) mass is 287 g/mol. The van der Waals surface area contributed by atoms with Gasteiger partial charge in [-0.15, -0.1) is 0 Å². The van der Waals surface area contributed by atoms with Crippen molar-refractivity contribution in [1.82, 2.24) is 5.32 Å². The van der Waals surface area contributed by atoms with Crippen LogP contribution < -0.4 is 10.1 Å². The van der Waals surface area contributed by atoms with Crippen LogP contribution in [0.4, 0.5) is 0 Å². The summed E-state index contributed by atoms with van der Waals surface area (Å²) in [6, 6.07) is 5.00. The lowest BCUT2D eigenvalue weighted by Crippen LogP contribution is -2.42. The number of rotatable bonds is 4. The number of hydrogen-bond donors (Lipinski definition) is 1. The lowest BCUT2D eigenvalue weighted by atomic mass is 9.84. The van der Waals surface area contributed by atoms with Crippen LogP contribution in [0.1, 0.15) is 74.6 Å². The summed E-state index contributed by atoms with van der Waals surface area (Å²) in [5.74, 6) is 1.18. The summed E-state index contributed by atoms with van der Waals surface area (Å²) in [6.07, 6.45) is 8.75. The van der Waals surface area contributed by atoms with E-state index in [-0.39, 0.29) is 5.60 Å². The zero-order valence-corrected chi connectivity index (χ0v) is 13.8. The Bertz CT molecular complexity index is 503. The van der Waals surface area contributed by atoms with Gasteiger partial charge in [-0.3, -0.25) is 0 Å². The van der Waals surface area contributed by atoms with Crippen molar-refractivity contribution in [3.8, 4) is 5.75 Å². The van der Waals surface area contributed by atoms with Crippen molar-refractivity contribution >= 4 is 0 Å². The van der Waals surface area contributed by atoms with Gasteiger partial charge in [-0.25, -0.2) is 0 Å². The summed E-state index contributed by atoms with van der Waals surface area (Å²) < 4.78 is 6.59. The van der Waals surface area contributed by atoms with Crippen LogP contribution in [0.5, 0.6) is 5.75 Å². The van der Waals surface area contributed by atoms with Crippen molar-refractivity contribution in [2.75, 3.05) is 6.54 Å². The minimum Gasteiger partial charge on any atom is -0.487 e. The average molecular weight is 287 g/mol. The summed E-state index contributed by atoms with van der Waals surface area (Å²) in [6.45, 7) is 7.77. The molecule has 2 heteroatoms. The highest BCUT2D eigenvalue weighted by atomic mass is 16.5. The van der Waals surface area contributed by atoms with E-state index < -0.39 is 0 Å². The van der Waals surface area contributed by atoms with Crippen LogP contribution in [0, 0.1) is 13.8 Å². The molecule has 21 heavy (non-hydrogen) atoms. The zero-order chi connectivity index (χ0) is 14.9. The van der Waals surface area contributed by atoms with Crippen LogP contribution in [0.15, 0.2) is 12.1 Å². The van der Waals surface area contributed by atoms with Crippen molar-refractivity contribution in [2.24, 2.45) is 0 Å². The molecule has 0 saturated heterocycles. The van der Waals surface area contributed by atoms with Gasteiger partial charge in [-0.1, -0.05) is 25.5 Å². The highest BCUT2D eigenvalue weighted by Crippen LogP contribution is 2.48. The van der Waals surface area contributed by atoms with E-state index in [0.29, 0.717) is 6.04 Å². The van der Waals surface area contributed by atoms with Gasteiger partial charge in [0.25, 0.3) is 0 Å². The van der Waals surface area contributed by atoms with Crippen LogP contribution in [0.3, 0.4) is 0 Å². The molecule has 1 aliphatic heterocycles. The van der Waals surface area contributed by atoms with E-state index in [0.717, 1.165) is 13.0 Å². The molecule has 0 radical (unpaired) electrons. The third kappa shape index (κ3) is 2.83. The van der Waals surface area contributed by atoms with Crippen molar-refractivity contribution in [2.45, 2.75) is 77.4 Å². The number of benzene rings is 1. The van der Waals surface area contributed by atoms with Gasteiger partial charge in [0.15, 0.2) is 0 Å². The molecule has 0 amide bonds. The normalized spacial score (nSPS) is 23.1. The summed E-state index contributed by atoms with van der Waals surface area (Å²) in [4.78, 5) is 0. The van der Waals surface area contributed by atoms with Crippen molar-refractivity contribution in [3.63, 3.8) is 0 Å². The smallest absolute Gasteiger partial charge is 0.128 e. The second-order valence-corrected chi connectivity index (χ2v) is 6.98. The molecular formula is C19H29NO. The fourth-order valence-electron chi connectivity index (χ4n) is 3.92. The van der Waals surface area contributed by atoms with Crippen LogP contribution in [-0.2, 0) is 0 Å². The maximum Gasteiger partial charge on any atom is 0.128 e. The first-order chi connectivity index (χ1) is 10.2. The van der Waals surface area contributed by atoms with Crippen LogP contribution in [0.25, 0.3) is 0 Å². The number of nitrogens with one attached hydrogen (secondary N) is 1. The highest BCUT2D eigenvalue weighted by molar-refractivity contribution is 5.48. The van der Waals surface area contributed by atoms with Crippen LogP contribution >= 0.6 is 0 Å². The third-order valence-electron chi connectivity index (χ3n) is 5.41. The fourth-order valence-corrected chi connectivity index (χ4v) is 3.92. The molecule has 116 valence electrons. The van der Waals surface area contributed by atoms with Crippen molar-refractivity contribution in [1.29, 1.82) is 0 Å². The first kappa shape index (κ1) is 14.9. The van der Waals surface area contributed by atoms with Crippen molar-refractivity contribution < 1.29 is 4.74 Å². The number of aryl methyl sites for hydroxylation is 1. The molecular weight excluding hydrogens is 258 g/mol. The quantitative estimate of drug-likeness (QED) is 0.801. The molecule has 1 atom stereocenters. The Morgan fingerprint density at radius 2 is 2.00 bits per heavy atom. The zero-order valence-electron chi connectivity index (χ0n) is 13.8.